The van der Waals surface area contributed by atoms with Crippen LogP contribution in [0.25, 0.3) is 11.1 Å². The maximum atomic E-state index is 5.83. The molecule has 0 aliphatic carbocycles. The molecule has 0 spiro atoms. The molecule has 156 valence electrons. The molecule has 4 rings (SSSR count). The molecule has 1 N–H and O–H groups in total. The van der Waals surface area contributed by atoms with Crippen LogP contribution >= 0.6 is 0 Å². The number of morpholine rings is 1. The minimum atomic E-state index is 0.184. The van der Waals surface area contributed by atoms with Crippen molar-refractivity contribution in [3.63, 3.8) is 0 Å². The van der Waals surface area contributed by atoms with E-state index in [1.807, 2.05) is 55.6 Å². The molecule has 3 aromatic rings. The van der Waals surface area contributed by atoms with Crippen molar-refractivity contribution < 1.29 is 9.47 Å². The van der Waals surface area contributed by atoms with Crippen LogP contribution < -0.4 is 15.0 Å². The summed E-state index contributed by atoms with van der Waals surface area (Å²) in [5.41, 5.74) is 2.97. The zero-order valence-corrected chi connectivity index (χ0v) is 17.6. The summed E-state index contributed by atoms with van der Waals surface area (Å²) < 4.78 is 11.3. The van der Waals surface area contributed by atoms with E-state index >= 15 is 0 Å². The number of rotatable bonds is 6. The summed E-state index contributed by atoms with van der Waals surface area (Å²) in [4.78, 5) is 6.80. The smallest absolute Gasteiger partial charge is 0.153 e. The third-order valence-electron chi connectivity index (χ3n) is 4.91. The number of nitrogens with one attached hydrogen (secondary N) is 1. The van der Waals surface area contributed by atoms with Gasteiger partial charge in [0.2, 0.25) is 0 Å². The third kappa shape index (κ3) is 4.86. The van der Waals surface area contributed by atoms with E-state index in [1.165, 1.54) is 0 Å². The van der Waals surface area contributed by atoms with Crippen molar-refractivity contribution in [2.45, 2.75) is 33.0 Å². The quantitative estimate of drug-likeness (QED) is 0.656. The van der Waals surface area contributed by atoms with Crippen molar-refractivity contribution >= 4 is 17.3 Å². The summed E-state index contributed by atoms with van der Waals surface area (Å²) >= 11 is 0. The number of hydrogen-bond donors (Lipinski definition) is 1. The highest BCUT2D eigenvalue weighted by Gasteiger charge is 2.23. The van der Waals surface area contributed by atoms with E-state index in [0.29, 0.717) is 12.4 Å². The molecule has 1 saturated heterocycles. The van der Waals surface area contributed by atoms with Gasteiger partial charge in [-0.05, 0) is 50.6 Å². The number of hydrogen-bond acceptors (Lipinski definition) is 7. The Bertz CT molecular complexity index is 969. The predicted octanol–water partition coefficient (Wildman–Crippen LogP) is 4.29. The van der Waals surface area contributed by atoms with E-state index in [4.69, 9.17) is 9.47 Å². The SMILES string of the molecule is CCOc1ccc(-c2cnnc(Nc3ccnc(N4C[C@@H](C)O[C@@H](C)C4)c3)c2)cc1. The van der Waals surface area contributed by atoms with Crippen molar-refractivity contribution in [2.75, 3.05) is 29.9 Å². The van der Waals surface area contributed by atoms with Crippen LogP contribution in [0.1, 0.15) is 20.8 Å². The molecular weight excluding hydrogens is 378 g/mol. The van der Waals surface area contributed by atoms with Gasteiger partial charge in [0.15, 0.2) is 5.82 Å². The number of aromatic nitrogens is 3. The van der Waals surface area contributed by atoms with Crippen molar-refractivity contribution in [1.82, 2.24) is 15.2 Å². The van der Waals surface area contributed by atoms with Crippen LogP contribution in [-0.4, -0.2) is 47.1 Å². The number of anilines is 3. The molecule has 0 amide bonds. The summed E-state index contributed by atoms with van der Waals surface area (Å²) in [6.07, 6.45) is 3.94. The molecule has 7 heteroatoms. The fraction of sp³-hybridized carbons (Fsp3) is 0.348. The van der Waals surface area contributed by atoms with E-state index in [-0.39, 0.29) is 12.2 Å². The Morgan fingerprint density at radius 1 is 1.07 bits per heavy atom. The first-order valence-corrected chi connectivity index (χ1v) is 10.3. The van der Waals surface area contributed by atoms with Gasteiger partial charge in [0.1, 0.15) is 11.6 Å². The lowest BCUT2D eigenvalue weighted by Crippen LogP contribution is -2.45. The minimum absolute atomic E-state index is 0.184. The van der Waals surface area contributed by atoms with Crippen LogP contribution in [0.4, 0.5) is 17.3 Å². The van der Waals surface area contributed by atoms with E-state index < -0.39 is 0 Å². The number of pyridine rings is 1. The zero-order valence-electron chi connectivity index (χ0n) is 17.6. The lowest BCUT2D eigenvalue weighted by atomic mass is 10.1. The Morgan fingerprint density at radius 3 is 2.57 bits per heavy atom. The third-order valence-corrected chi connectivity index (χ3v) is 4.91. The topological polar surface area (TPSA) is 72.4 Å². The Morgan fingerprint density at radius 2 is 1.83 bits per heavy atom. The van der Waals surface area contributed by atoms with Crippen molar-refractivity contribution in [2.24, 2.45) is 0 Å². The van der Waals surface area contributed by atoms with Gasteiger partial charge in [0.05, 0.1) is 25.0 Å². The van der Waals surface area contributed by atoms with E-state index in [2.05, 4.69) is 39.2 Å². The highest BCUT2D eigenvalue weighted by Crippen LogP contribution is 2.26. The van der Waals surface area contributed by atoms with Crippen LogP contribution in [-0.2, 0) is 4.74 Å². The highest BCUT2D eigenvalue weighted by atomic mass is 16.5. The van der Waals surface area contributed by atoms with Crippen LogP contribution in [0.3, 0.4) is 0 Å². The molecule has 2 atom stereocenters. The summed E-state index contributed by atoms with van der Waals surface area (Å²) in [5.74, 6) is 2.47. The zero-order chi connectivity index (χ0) is 20.9. The van der Waals surface area contributed by atoms with Gasteiger partial charge in [-0.25, -0.2) is 4.98 Å². The lowest BCUT2D eigenvalue weighted by Gasteiger charge is -2.36. The van der Waals surface area contributed by atoms with Gasteiger partial charge in [-0.3, -0.25) is 0 Å². The summed E-state index contributed by atoms with van der Waals surface area (Å²) in [6, 6.07) is 13.9. The van der Waals surface area contributed by atoms with E-state index in [0.717, 1.165) is 41.5 Å². The van der Waals surface area contributed by atoms with Gasteiger partial charge >= 0.3 is 0 Å². The van der Waals surface area contributed by atoms with E-state index in [1.54, 1.807) is 6.20 Å². The molecule has 0 saturated carbocycles. The fourth-order valence-corrected chi connectivity index (χ4v) is 3.68. The van der Waals surface area contributed by atoms with Gasteiger partial charge in [-0.15, -0.1) is 5.10 Å². The van der Waals surface area contributed by atoms with E-state index in [9.17, 15) is 0 Å². The molecule has 1 aromatic carbocycles. The summed E-state index contributed by atoms with van der Waals surface area (Å²) in [7, 11) is 0. The van der Waals surface area contributed by atoms with Crippen LogP contribution in [0.5, 0.6) is 5.75 Å². The summed E-state index contributed by atoms with van der Waals surface area (Å²) in [5, 5.41) is 11.7. The minimum Gasteiger partial charge on any atom is -0.494 e. The van der Waals surface area contributed by atoms with Crippen LogP contribution in [0, 0.1) is 0 Å². The Kier molecular flexibility index (Phi) is 6.09. The second-order valence-corrected chi connectivity index (χ2v) is 7.48. The molecular formula is C23H27N5O2. The normalized spacial score (nSPS) is 18.8. The number of nitrogens with zero attached hydrogens (tertiary/aromatic N) is 4. The molecule has 1 aliphatic heterocycles. The van der Waals surface area contributed by atoms with Gasteiger partial charge in [-0.1, -0.05) is 12.1 Å². The van der Waals surface area contributed by atoms with Crippen molar-refractivity contribution in [1.29, 1.82) is 0 Å². The molecule has 1 fully saturated rings. The monoisotopic (exact) mass is 405 g/mol. The number of benzene rings is 1. The molecule has 2 aromatic heterocycles. The molecule has 0 unspecified atom stereocenters. The van der Waals surface area contributed by atoms with Gasteiger partial charge in [0.25, 0.3) is 0 Å². The second kappa shape index (κ2) is 9.09. The van der Waals surface area contributed by atoms with Crippen molar-refractivity contribution in [3.05, 3.63) is 54.9 Å². The van der Waals surface area contributed by atoms with Crippen molar-refractivity contribution in [3.8, 4) is 16.9 Å². The average molecular weight is 406 g/mol. The molecule has 30 heavy (non-hydrogen) atoms. The average Bonchev–Trinajstić information content (AvgIpc) is 2.74. The highest BCUT2D eigenvalue weighted by molar-refractivity contribution is 5.68. The molecule has 1 aliphatic rings. The first-order valence-electron chi connectivity index (χ1n) is 10.3. The molecule has 3 heterocycles. The lowest BCUT2D eigenvalue weighted by molar-refractivity contribution is -0.00545. The Hall–Kier alpha value is -3.19. The molecule has 0 bridgehead atoms. The Balaban J connectivity index is 1.50. The second-order valence-electron chi connectivity index (χ2n) is 7.48. The summed E-state index contributed by atoms with van der Waals surface area (Å²) in [6.45, 7) is 8.46. The standard InChI is InChI=1S/C23H27N5O2/c1-4-29-21-7-5-18(6-8-21)19-11-22(27-25-13-19)26-20-9-10-24-23(12-20)28-14-16(2)30-17(3)15-28/h5-13,16-17H,4,14-15H2,1-3H3,(H,24,26,27)/t16-,17+. The number of ether oxygens (including phenoxy) is 2. The van der Waals surface area contributed by atoms with Crippen LogP contribution in [0.2, 0.25) is 0 Å². The molecule has 7 nitrogen and oxygen atoms in total. The largest absolute Gasteiger partial charge is 0.494 e. The first kappa shape index (κ1) is 20.1. The predicted molar refractivity (Wildman–Crippen MR) is 118 cm³/mol. The first-order chi connectivity index (χ1) is 14.6. The maximum absolute atomic E-state index is 5.83. The maximum Gasteiger partial charge on any atom is 0.153 e. The van der Waals surface area contributed by atoms with Gasteiger partial charge < -0.3 is 19.7 Å². The molecule has 0 radical (unpaired) electrons. The Labute approximate surface area is 177 Å². The fourth-order valence-electron chi connectivity index (χ4n) is 3.68. The van der Waals surface area contributed by atoms with Gasteiger partial charge in [-0.2, -0.15) is 5.10 Å². The van der Waals surface area contributed by atoms with Gasteiger partial charge in [0, 0.05) is 36.6 Å². The van der Waals surface area contributed by atoms with Crippen LogP contribution in [0.15, 0.2) is 54.9 Å².